The third-order valence-corrected chi connectivity index (χ3v) is 6.14. The second kappa shape index (κ2) is 5.90. The van der Waals surface area contributed by atoms with Gasteiger partial charge in [-0.15, -0.1) is 0 Å². The van der Waals surface area contributed by atoms with Gasteiger partial charge in [0, 0.05) is 36.9 Å². The summed E-state index contributed by atoms with van der Waals surface area (Å²) in [5.74, 6) is -0.588. The van der Waals surface area contributed by atoms with Crippen molar-refractivity contribution >= 4 is 15.7 Å². The van der Waals surface area contributed by atoms with Crippen LogP contribution >= 0.6 is 0 Å². The molecule has 5 nitrogen and oxygen atoms in total. The monoisotopic (exact) mass is 315 g/mol. The first kappa shape index (κ1) is 16.2. The summed E-state index contributed by atoms with van der Waals surface area (Å²) in [5, 5.41) is 0. The summed E-state index contributed by atoms with van der Waals surface area (Å²) < 4.78 is 40.7. The highest BCUT2D eigenvalue weighted by atomic mass is 32.2. The Morgan fingerprint density at radius 3 is 2.67 bits per heavy atom. The van der Waals surface area contributed by atoms with E-state index in [2.05, 4.69) is 4.90 Å². The smallest absolute Gasteiger partial charge is 0.243 e. The van der Waals surface area contributed by atoms with Crippen LogP contribution in [-0.4, -0.2) is 50.3 Å². The lowest BCUT2D eigenvalue weighted by atomic mass is 10.1. The molecule has 0 saturated carbocycles. The number of rotatable bonds is 3. The lowest BCUT2D eigenvalue weighted by Crippen LogP contribution is -2.52. The molecule has 1 aliphatic rings. The molecule has 118 valence electrons. The minimum absolute atomic E-state index is 0.0283. The number of nitrogen functional groups attached to an aromatic ring is 1. The molecular formula is C14H22FN3O2S. The molecule has 1 aliphatic heterocycles. The maximum absolute atomic E-state index is 13.8. The molecule has 0 aromatic heterocycles. The number of halogens is 1. The van der Waals surface area contributed by atoms with Crippen LogP contribution in [0.4, 0.5) is 10.1 Å². The highest BCUT2D eigenvalue weighted by Gasteiger charge is 2.33. The highest BCUT2D eigenvalue weighted by Crippen LogP contribution is 2.26. The normalized spacial score (nSPS) is 21.6. The van der Waals surface area contributed by atoms with E-state index in [1.165, 1.54) is 17.3 Å². The molecule has 7 heteroatoms. The van der Waals surface area contributed by atoms with Crippen molar-refractivity contribution in [2.75, 3.05) is 32.4 Å². The van der Waals surface area contributed by atoms with Crippen molar-refractivity contribution in [1.29, 1.82) is 0 Å². The van der Waals surface area contributed by atoms with Gasteiger partial charge in [-0.1, -0.05) is 6.92 Å². The molecule has 1 saturated heterocycles. The van der Waals surface area contributed by atoms with E-state index in [0.717, 1.165) is 12.5 Å². The van der Waals surface area contributed by atoms with Crippen LogP contribution in [-0.2, 0) is 10.0 Å². The van der Waals surface area contributed by atoms with Gasteiger partial charge in [-0.05, 0) is 32.5 Å². The maximum Gasteiger partial charge on any atom is 0.243 e. The minimum Gasteiger partial charge on any atom is -0.399 e. The van der Waals surface area contributed by atoms with E-state index >= 15 is 0 Å². The fraction of sp³-hybridized carbons (Fsp3) is 0.571. The Bertz CT molecular complexity index is 633. The Labute approximate surface area is 125 Å². The van der Waals surface area contributed by atoms with E-state index in [1.807, 2.05) is 14.0 Å². The summed E-state index contributed by atoms with van der Waals surface area (Å²) in [6, 6.07) is 2.67. The molecule has 1 fully saturated rings. The van der Waals surface area contributed by atoms with Crippen molar-refractivity contribution in [3.05, 3.63) is 23.5 Å². The largest absolute Gasteiger partial charge is 0.399 e. The molecule has 2 rings (SSSR count). The predicted molar refractivity (Wildman–Crippen MR) is 81.0 cm³/mol. The second-order valence-electron chi connectivity index (χ2n) is 5.53. The van der Waals surface area contributed by atoms with Gasteiger partial charge in [0.2, 0.25) is 10.0 Å². The molecule has 1 atom stereocenters. The summed E-state index contributed by atoms with van der Waals surface area (Å²) in [6.45, 7) is 5.00. The predicted octanol–water partition coefficient (Wildman–Crippen LogP) is 1.43. The zero-order chi connectivity index (χ0) is 15.8. The van der Waals surface area contributed by atoms with Crippen LogP contribution < -0.4 is 5.73 Å². The molecule has 1 heterocycles. The van der Waals surface area contributed by atoms with E-state index in [4.69, 9.17) is 5.73 Å². The fourth-order valence-electron chi connectivity index (χ4n) is 2.66. The first-order valence-electron chi connectivity index (χ1n) is 7.03. The molecule has 0 radical (unpaired) electrons. The minimum atomic E-state index is -3.72. The van der Waals surface area contributed by atoms with Crippen LogP contribution in [0.3, 0.4) is 0 Å². The Morgan fingerprint density at radius 1 is 1.38 bits per heavy atom. The van der Waals surface area contributed by atoms with Gasteiger partial charge in [0.1, 0.15) is 5.82 Å². The molecule has 1 aromatic rings. The van der Waals surface area contributed by atoms with Crippen molar-refractivity contribution in [1.82, 2.24) is 9.21 Å². The lowest BCUT2D eigenvalue weighted by molar-refractivity contribution is 0.144. The van der Waals surface area contributed by atoms with Crippen LogP contribution in [0, 0.1) is 12.7 Å². The molecular weight excluding hydrogens is 293 g/mol. The summed E-state index contributed by atoms with van der Waals surface area (Å²) in [7, 11) is -1.73. The number of likely N-dealkylation sites (N-methyl/N-ethyl adjacent to an activating group) is 1. The third kappa shape index (κ3) is 3.04. The molecule has 0 amide bonds. The third-order valence-electron chi connectivity index (χ3n) is 4.15. The van der Waals surface area contributed by atoms with E-state index in [1.54, 1.807) is 0 Å². The van der Waals surface area contributed by atoms with Gasteiger partial charge in [-0.2, -0.15) is 4.31 Å². The summed E-state index contributed by atoms with van der Waals surface area (Å²) >= 11 is 0. The number of piperazine rings is 1. The quantitative estimate of drug-likeness (QED) is 0.857. The number of anilines is 1. The van der Waals surface area contributed by atoms with Gasteiger partial charge in [0.25, 0.3) is 0 Å². The fourth-order valence-corrected chi connectivity index (χ4v) is 4.40. The van der Waals surface area contributed by atoms with E-state index < -0.39 is 15.8 Å². The maximum atomic E-state index is 13.8. The Hall–Kier alpha value is -1.18. The standard InChI is InChI=1S/C14H22FN3O2S/c1-4-12-9-18(6-5-17(12)3)21(19,20)14-8-11(16)7-13(15)10(14)2/h7-8,12H,4-6,9,16H2,1-3H3. The second-order valence-corrected chi connectivity index (χ2v) is 7.44. The van der Waals surface area contributed by atoms with E-state index in [9.17, 15) is 12.8 Å². The molecule has 0 aliphatic carbocycles. The summed E-state index contributed by atoms with van der Waals surface area (Å²) in [6.07, 6.45) is 0.868. The van der Waals surface area contributed by atoms with Gasteiger partial charge < -0.3 is 10.6 Å². The number of nitrogens with zero attached hydrogens (tertiary/aromatic N) is 2. The SMILES string of the molecule is CCC1CN(S(=O)(=O)c2cc(N)cc(F)c2C)CCN1C. The molecule has 1 unspecified atom stereocenters. The molecule has 1 aromatic carbocycles. The lowest BCUT2D eigenvalue weighted by Gasteiger charge is -2.38. The van der Waals surface area contributed by atoms with Crippen molar-refractivity contribution in [3.63, 3.8) is 0 Å². The number of sulfonamides is 1. The zero-order valence-corrected chi connectivity index (χ0v) is 13.5. The first-order chi connectivity index (χ1) is 9.77. The summed E-state index contributed by atoms with van der Waals surface area (Å²) in [5.41, 5.74) is 5.84. The highest BCUT2D eigenvalue weighted by molar-refractivity contribution is 7.89. The van der Waals surface area contributed by atoms with Gasteiger partial charge in [-0.25, -0.2) is 12.8 Å². The number of benzene rings is 1. The first-order valence-corrected chi connectivity index (χ1v) is 8.47. The van der Waals surface area contributed by atoms with E-state index in [-0.39, 0.29) is 22.2 Å². The Morgan fingerprint density at radius 2 is 2.05 bits per heavy atom. The molecule has 0 spiro atoms. The average Bonchev–Trinajstić information content (AvgIpc) is 2.42. The average molecular weight is 315 g/mol. The van der Waals surface area contributed by atoms with Crippen LogP contribution in [0.25, 0.3) is 0 Å². The Kier molecular flexibility index (Phi) is 4.55. The van der Waals surface area contributed by atoms with Crippen LogP contribution in [0.5, 0.6) is 0 Å². The van der Waals surface area contributed by atoms with Gasteiger partial charge >= 0.3 is 0 Å². The van der Waals surface area contributed by atoms with Crippen molar-refractivity contribution in [3.8, 4) is 0 Å². The Balaban J connectivity index is 2.39. The van der Waals surface area contributed by atoms with Crippen LogP contribution in [0.15, 0.2) is 17.0 Å². The zero-order valence-electron chi connectivity index (χ0n) is 12.6. The van der Waals surface area contributed by atoms with Crippen molar-refractivity contribution in [2.24, 2.45) is 0 Å². The molecule has 0 bridgehead atoms. The van der Waals surface area contributed by atoms with Gasteiger partial charge in [0.15, 0.2) is 0 Å². The van der Waals surface area contributed by atoms with Crippen LogP contribution in [0.1, 0.15) is 18.9 Å². The van der Waals surface area contributed by atoms with E-state index in [0.29, 0.717) is 19.6 Å². The topological polar surface area (TPSA) is 66.6 Å². The number of nitrogens with two attached hydrogens (primary N) is 1. The van der Waals surface area contributed by atoms with Crippen molar-refractivity contribution < 1.29 is 12.8 Å². The summed E-state index contributed by atoms with van der Waals surface area (Å²) in [4.78, 5) is 2.12. The van der Waals surface area contributed by atoms with Crippen molar-refractivity contribution in [2.45, 2.75) is 31.2 Å². The molecule has 21 heavy (non-hydrogen) atoms. The van der Waals surface area contributed by atoms with Gasteiger partial charge in [0.05, 0.1) is 4.90 Å². The number of hydrogen-bond donors (Lipinski definition) is 1. The number of hydrogen-bond acceptors (Lipinski definition) is 4. The molecule has 2 N–H and O–H groups in total. The van der Waals surface area contributed by atoms with Crippen LogP contribution in [0.2, 0.25) is 0 Å². The van der Waals surface area contributed by atoms with Gasteiger partial charge in [-0.3, -0.25) is 0 Å².